The van der Waals surface area contributed by atoms with Crippen LogP contribution in [0.2, 0.25) is 0 Å². The number of likely N-dealkylation sites (tertiary alicyclic amines) is 1. The number of carbonyl (C=O) groups is 1. The molecule has 0 radical (unpaired) electrons. The number of methoxy groups -OCH3 is 1. The molecule has 1 saturated heterocycles. The largest absolute Gasteiger partial charge is 0.481 e. The number of ether oxygens (including phenoxy) is 1. The maximum absolute atomic E-state index is 11.7. The molecule has 1 heterocycles. The van der Waals surface area contributed by atoms with Crippen LogP contribution in [0.4, 0.5) is 0 Å². The third-order valence-corrected chi connectivity index (χ3v) is 5.07. The van der Waals surface area contributed by atoms with Crippen LogP contribution in [0.5, 0.6) is 0 Å². The van der Waals surface area contributed by atoms with Crippen LogP contribution in [-0.4, -0.2) is 48.8 Å². The van der Waals surface area contributed by atoms with Crippen LogP contribution in [-0.2, 0) is 9.53 Å². The van der Waals surface area contributed by atoms with Gasteiger partial charge in [0.2, 0.25) is 0 Å². The van der Waals surface area contributed by atoms with E-state index in [1.54, 1.807) is 7.11 Å². The van der Waals surface area contributed by atoms with Gasteiger partial charge in [-0.1, -0.05) is 26.2 Å². The number of aliphatic carboxylic acids is 1. The van der Waals surface area contributed by atoms with Gasteiger partial charge in [-0.25, -0.2) is 0 Å². The van der Waals surface area contributed by atoms with Crippen molar-refractivity contribution in [1.82, 2.24) is 4.90 Å². The summed E-state index contributed by atoms with van der Waals surface area (Å²) in [5.41, 5.74) is -0.503. The summed E-state index contributed by atoms with van der Waals surface area (Å²) < 4.78 is 5.53. The summed E-state index contributed by atoms with van der Waals surface area (Å²) in [5, 5.41) is 9.64. The lowest BCUT2D eigenvalue weighted by Crippen LogP contribution is -2.51. The fourth-order valence-electron chi connectivity index (χ4n) is 3.64. The maximum Gasteiger partial charge on any atom is 0.310 e. The predicted octanol–water partition coefficient (Wildman–Crippen LogP) is 2.38. The molecule has 0 aromatic rings. The molecule has 1 N–H and O–H groups in total. The normalized spacial score (nSPS) is 32.1. The van der Waals surface area contributed by atoms with Gasteiger partial charge in [0.1, 0.15) is 0 Å². The minimum absolute atomic E-state index is 0.253. The molecule has 110 valence electrons. The highest BCUT2D eigenvalue weighted by Crippen LogP contribution is 2.38. The van der Waals surface area contributed by atoms with Crippen LogP contribution in [0.1, 0.15) is 45.4 Å². The number of hydrogen-bond donors (Lipinski definition) is 1. The van der Waals surface area contributed by atoms with E-state index in [-0.39, 0.29) is 6.10 Å². The monoisotopic (exact) mass is 269 g/mol. The highest BCUT2D eigenvalue weighted by atomic mass is 16.5. The summed E-state index contributed by atoms with van der Waals surface area (Å²) in [6, 6.07) is 0. The van der Waals surface area contributed by atoms with Crippen molar-refractivity contribution in [2.45, 2.75) is 51.6 Å². The lowest BCUT2D eigenvalue weighted by Gasteiger charge is -2.42. The van der Waals surface area contributed by atoms with E-state index in [1.807, 2.05) is 0 Å². The summed E-state index contributed by atoms with van der Waals surface area (Å²) in [4.78, 5) is 14.0. The summed E-state index contributed by atoms with van der Waals surface area (Å²) in [6.45, 7) is 4.82. The second-order valence-corrected chi connectivity index (χ2v) is 6.42. The van der Waals surface area contributed by atoms with Gasteiger partial charge in [-0.05, 0) is 31.7 Å². The first kappa shape index (κ1) is 14.8. The van der Waals surface area contributed by atoms with Crippen LogP contribution < -0.4 is 0 Å². The van der Waals surface area contributed by atoms with E-state index in [4.69, 9.17) is 4.74 Å². The Bertz CT molecular complexity index is 313. The molecule has 0 aromatic carbocycles. The van der Waals surface area contributed by atoms with Crippen molar-refractivity contribution >= 4 is 5.97 Å². The Morgan fingerprint density at radius 2 is 2.05 bits per heavy atom. The molecular weight excluding hydrogens is 242 g/mol. The molecule has 4 heteroatoms. The molecule has 0 amide bonds. The molecule has 2 unspecified atom stereocenters. The first-order chi connectivity index (χ1) is 9.07. The van der Waals surface area contributed by atoms with Gasteiger partial charge in [-0.3, -0.25) is 9.69 Å². The molecule has 0 bridgehead atoms. The van der Waals surface area contributed by atoms with Gasteiger partial charge in [0.05, 0.1) is 11.5 Å². The summed E-state index contributed by atoms with van der Waals surface area (Å²) in [6.07, 6.45) is 6.34. The van der Waals surface area contributed by atoms with Gasteiger partial charge in [-0.15, -0.1) is 0 Å². The first-order valence-corrected chi connectivity index (χ1v) is 7.56. The standard InChI is InChI=1S/C15H27NO3/c1-12-6-9-16(10-13(12)19-2)11-15(14(17)18)7-4-3-5-8-15/h12-13H,3-11H2,1-2H3,(H,17,18). The topological polar surface area (TPSA) is 49.8 Å². The minimum Gasteiger partial charge on any atom is -0.481 e. The Hall–Kier alpha value is -0.610. The van der Waals surface area contributed by atoms with Crippen molar-refractivity contribution in [2.75, 3.05) is 26.7 Å². The fraction of sp³-hybridized carbons (Fsp3) is 0.933. The molecule has 2 atom stereocenters. The number of piperidine rings is 1. The molecule has 2 fully saturated rings. The van der Waals surface area contributed by atoms with Crippen LogP contribution >= 0.6 is 0 Å². The predicted molar refractivity (Wildman–Crippen MR) is 74.2 cm³/mol. The van der Waals surface area contributed by atoms with Crippen LogP contribution in [0.15, 0.2) is 0 Å². The lowest BCUT2D eigenvalue weighted by molar-refractivity contribution is -0.153. The highest BCUT2D eigenvalue weighted by molar-refractivity contribution is 5.75. The molecule has 2 rings (SSSR count). The van der Waals surface area contributed by atoms with Crippen molar-refractivity contribution in [3.8, 4) is 0 Å². The Morgan fingerprint density at radius 3 is 2.63 bits per heavy atom. The summed E-state index contributed by atoms with van der Waals surface area (Å²) in [5.74, 6) is -0.0202. The van der Waals surface area contributed by atoms with Crippen LogP contribution in [0, 0.1) is 11.3 Å². The number of carboxylic acids is 1. The molecular formula is C15H27NO3. The van der Waals surface area contributed by atoms with Crippen LogP contribution in [0.3, 0.4) is 0 Å². The number of hydrogen-bond acceptors (Lipinski definition) is 3. The summed E-state index contributed by atoms with van der Waals surface area (Å²) in [7, 11) is 1.76. The Kier molecular flexibility index (Phi) is 4.85. The third-order valence-electron chi connectivity index (χ3n) is 5.07. The number of nitrogens with zero attached hydrogens (tertiary/aromatic N) is 1. The first-order valence-electron chi connectivity index (χ1n) is 7.56. The molecule has 0 aromatic heterocycles. The van der Waals surface area contributed by atoms with Crippen molar-refractivity contribution < 1.29 is 14.6 Å². The van der Waals surface area contributed by atoms with E-state index in [2.05, 4.69) is 11.8 Å². The molecule has 19 heavy (non-hydrogen) atoms. The second kappa shape index (κ2) is 6.23. The second-order valence-electron chi connectivity index (χ2n) is 6.42. The third kappa shape index (κ3) is 3.29. The molecule has 1 saturated carbocycles. The van der Waals surface area contributed by atoms with Crippen molar-refractivity contribution in [3.63, 3.8) is 0 Å². The van der Waals surface area contributed by atoms with E-state index < -0.39 is 11.4 Å². The average Bonchev–Trinajstić information content (AvgIpc) is 2.42. The minimum atomic E-state index is -0.597. The molecule has 4 nitrogen and oxygen atoms in total. The van der Waals surface area contributed by atoms with Crippen molar-refractivity contribution in [3.05, 3.63) is 0 Å². The number of rotatable bonds is 4. The number of carboxylic acid groups (broad SMARTS) is 1. The zero-order chi connectivity index (χ0) is 13.9. The molecule has 2 aliphatic rings. The zero-order valence-electron chi connectivity index (χ0n) is 12.2. The Morgan fingerprint density at radius 1 is 1.37 bits per heavy atom. The van der Waals surface area contributed by atoms with Gasteiger partial charge in [0.25, 0.3) is 0 Å². The Balaban J connectivity index is 1.99. The summed E-state index contributed by atoms with van der Waals surface area (Å²) >= 11 is 0. The Labute approximate surface area is 116 Å². The smallest absolute Gasteiger partial charge is 0.310 e. The van der Waals surface area contributed by atoms with Crippen molar-refractivity contribution in [1.29, 1.82) is 0 Å². The van der Waals surface area contributed by atoms with E-state index in [0.717, 1.165) is 45.2 Å². The quantitative estimate of drug-likeness (QED) is 0.851. The van der Waals surface area contributed by atoms with Gasteiger partial charge >= 0.3 is 5.97 Å². The molecule has 1 aliphatic heterocycles. The van der Waals surface area contributed by atoms with Crippen molar-refractivity contribution in [2.24, 2.45) is 11.3 Å². The van der Waals surface area contributed by atoms with Crippen LogP contribution in [0.25, 0.3) is 0 Å². The highest BCUT2D eigenvalue weighted by Gasteiger charge is 2.42. The maximum atomic E-state index is 11.7. The molecule has 0 spiro atoms. The zero-order valence-corrected chi connectivity index (χ0v) is 12.2. The SMILES string of the molecule is COC1CN(CC2(C(=O)O)CCCCC2)CCC1C. The van der Waals surface area contributed by atoms with E-state index >= 15 is 0 Å². The fourth-order valence-corrected chi connectivity index (χ4v) is 3.64. The van der Waals surface area contributed by atoms with E-state index in [0.29, 0.717) is 12.5 Å². The lowest BCUT2D eigenvalue weighted by atomic mass is 9.73. The molecule has 1 aliphatic carbocycles. The van der Waals surface area contributed by atoms with Gasteiger partial charge < -0.3 is 9.84 Å². The van der Waals surface area contributed by atoms with E-state index in [1.165, 1.54) is 6.42 Å². The van der Waals surface area contributed by atoms with E-state index in [9.17, 15) is 9.90 Å². The van der Waals surface area contributed by atoms with Gasteiger partial charge in [-0.2, -0.15) is 0 Å². The van der Waals surface area contributed by atoms with Gasteiger partial charge in [0.15, 0.2) is 0 Å². The average molecular weight is 269 g/mol. The van der Waals surface area contributed by atoms with Gasteiger partial charge in [0, 0.05) is 20.2 Å².